The van der Waals surface area contributed by atoms with E-state index in [1.807, 2.05) is 11.3 Å². The summed E-state index contributed by atoms with van der Waals surface area (Å²) < 4.78 is 1.23. The van der Waals surface area contributed by atoms with Crippen LogP contribution in [0.2, 0.25) is 0 Å². The number of hydrogen-bond acceptors (Lipinski definition) is 2. The molecule has 0 spiro atoms. The Morgan fingerprint density at radius 1 is 1.58 bits per heavy atom. The molecule has 68 valence electrons. The predicted octanol–water partition coefficient (Wildman–Crippen LogP) is 3.32. The van der Waals surface area contributed by atoms with E-state index in [1.54, 1.807) is 0 Å². The average Bonchev–Trinajstić information content (AvgIpc) is 2.28. The van der Waals surface area contributed by atoms with Gasteiger partial charge in [-0.25, -0.2) is 0 Å². The minimum atomic E-state index is 0.561. The molecule has 1 N–H and O–H groups in total. The maximum atomic E-state index is 3.51. The van der Waals surface area contributed by atoms with Crippen molar-refractivity contribution in [1.29, 1.82) is 0 Å². The lowest BCUT2D eigenvalue weighted by Gasteiger charge is -2.04. The topological polar surface area (TPSA) is 12.0 Å². The van der Waals surface area contributed by atoms with E-state index >= 15 is 0 Å². The van der Waals surface area contributed by atoms with Gasteiger partial charge in [0.2, 0.25) is 0 Å². The van der Waals surface area contributed by atoms with E-state index in [0.29, 0.717) is 6.04 Å². The zero-order valence-corrected chi connectivity index (χ0v) is 10.1. The van der Waals surface area contributed by atoms with Crippen molar-refractivity contribution >= 4 is 27.3 Å². The minimum absolute atomic E-state index is 0.561. The van der Waals surface area contributed by atoms with Gasteiger partial charge in [-0.05, 0) is 28.9 Å². The maximum absolute atomic E-state index is 3.51. The first-order valence-electron chi connectivity index (χ1n) is 4.08. The van der Waals surface area contributed by atoms with E-state index in [2.05, 4.69) is 48.1 Å². The van der Waals surface area contributed by atoms with Crippen LogP contribution in [0.5, 0.6) is 0 Å². The Bertz CT molecular complexity index is 236. The van der Waals surface area contributed by atoms with Crippen LogP contribution >= 0.6 is 27.3 Å². The Labute approximate surface area is 86.3 Å². The summed E-state index contributed by atoms with van der Waals surface area (Å²) in [5, 5.41) is 3.39. The van der Waals surface area contributed by atoms with Crippen LogP contribution in [0.15, 0.2) is 10.5 Å². The summed E-state index contributed by atoms with van der Waals surface area (Å²) in [5.74, 6) is 0. The van der Waals surface area contributed by atoms with Crippen molar-refractivity contribution in [2.75, 3.05) is 0 Å². The Hall–Kier alpha value is 0.140. The number of aryl methyl sites for hydroxylation is 1. The molecule has 1 nitrogen and oxygen atoms in total. The molecule has 1 aromatic heterocycles. The number of hydrogen-bond donors (Lipinski definition) is 1. The summed E-state index contributed by atoms with van der Waals surface area (Å²) in [6, 6.07) is 2.75. The van der Waals surface area contributed by atoms with Crippen molar-refractivity contribution < 1.29 is 0 Å². The Morgan fingerprint density at radius 2 is 2.25 bits per heavy atom. The molecular weight excluding hydrogens is 234 g/mol. The lowest BCUT2D eigenvalue weighted by Crippen LogP contribution is -2.21. The highest BCUT2D eigenvalue weighted by Crippen LogP contribution is 2.26. The first-order valence-corrected chi connectivity index (χ1v) is 5.68. The largest absolute Gasteiger partial charge is 0.310 e. The quantitative estimate of drug-likeness (QED) is 0.865. The van der Waals surface area contributed by atoms with Gasteiger partial charge < -0.3 is 5.32 Å². The van der Waals surface area contributed by atoms with Crippen LogP contribution in [-0.2, 0) is 6.54 Å². The molecule has 1 heterocycles. The van der Waals surface area contributed by atoms with E-state index in [0.717, 1.165) is 6.54 Å². The summed E-state index contributed by atoms with van der Waals surface area (Å²) >= 11 is 5.35. The predicted molar refractivity (Wildman–Crippen MR) is 58.7 cm³/mol. The number of rotatable bonds is 3. The molecule has 1 rings (SSSR count). The zero-order chi connectivity index (χ0) is 9.14. The summed E-state index contributed by atoms with van der Waals surface area (Å²) in [6.45, 7) is 7.44. The van der Waals surface area contributed by atoms with Crippen LogP contribution < -0.4 is 5.32 Å². The molecule has 0 unspecified atom stereocenters. The van der Waals surface area contributed by atoms with Crippen LogP contribution in [0, 0.1) is 6.92 Å². The van der Waals surface area contributed by atoms with E-state index in [9.17, 15) is 0 Å². The standard InChI is InChI=1S/C9H14BrNS/c1-6(2)11-5-8-4-9(10)7(3)12-8/h4,6,11H,5H2,1-3H3. The molecule has 0 amide bonds. The van der Waals surface area contributed by atoms with Crippen molar-refractivity contribution in [3.8, 4) is 0 Å². The molecule has 0 bridgehead atoms. The lowest BCUT2D eigenvalue weighted by molar-refractivity contribution is 0.593. The molecule has 0 atom stereocenters. The number of thiophene rings is 1. The van der Waals surface area contributed by atoms with E-state index in [-0.39, 0.29) is 0 Å². The maximum Gasteiger partial charge on any atom is 0.0314 e. The molecule has 0 aliphatic heterocycles. The molecule has 0 radical (unpaired) electrons. The van der Waals surface area contributed by atoms with Crippen molar-refractivity contribution in [2.45, 2.75) is 33.4 Å². The summed E-state index contributed by atoms with van der Waals surface area (Å²) in [5.41, 5.74) is 0. The summed E-state index contributed by atoms with van der Waals surface area (Å²) in [7, 11) is 0. The first-order chi connectivity index (χ1) is 5.59. The molecule has 3 heteroatoms. The molecule has 0 fully saturated rings. The van der Waals surface area contributed by atoms with E-state index < -0.39 is 0 Å². The SMILES string of the molecule is Cc1sc(CNC(C)C)cc1Br. The molecular formula is C9H14BrNS. The fourth-order valence-corrected chi connectivity index (χ4v) is 2.46. The van der Waals surface area contributed by atoms with Crippen LogP contribution in [0.3, 0.4) is 0 Å². The van der Waals surface area contributed by atoms with Gasteiger partial charge in [-0.15, -0.1) is 11.3 Å². The average molecular weight is 248 g/mol. The molecule has 12 heavy (non-hydrogen) atoms. The third-order valence-corrected chi connectivity index (χ3v) is 3.73. The van der Waals surface area contributed by atoms with Gasteiger partial charge in [0.15, 0.2) is 0 Å². The fraction of sp³-hybridized carbons (Fsp3) is 0.556. The highest BCUT2D eigenvalue weighted by atomic mass is 79.9. The van der Waals surface area contributed by atoms with Gasteiger partial charge in [0.1, 0.15) is 0 Å². The molecule has 0 saturated carbocycles. The Balaban J connectivity index is 2.53. The second-order valence-electron chi connectivity index (χ2n) is 3.15. The van der Waals surface area contributed by atoms with Gasteiger partial charge in [0.25, 0.3) is 0 Å². The molecule has 0 saturated heterocycles. The van der Waals surface area contributed by atoms with Gasteiger partial charge in [-0.3, -0.25) is 0 Å². The van der Waals surface area contributed by atoms with Crippen molar-refractivity contribution in [3.05, 3.63) is 20.3 Å². The first kappa shape index (κ1) is 10.2. The smallest absolute Gasteiger partial charge is 0.0314 e. The van der Waals surface area contributed by atoms with Crippen molar-refractivity contribution in [3.63, 3.8) is 0 Å². The molecule has 0 aromatic carbocycles. The van der Waals surface area contributed by atoms with Gasteiger partial charge in [0, 0.05) is 26.8 Å². The summed E-state index contributed by atoms with van der Waals surface area (Å²) in [6.07, 6.45) is 0. The Morgan fingerprint density at radius 3 is 2.67 bits per heavy atom. The molecule has 0 aliphatic carbocycles. The van der Waals surface area contributed by atoms with E-state index in [4.69, 9.17) is 0 Å². The monoisotopic (exact) mass is 247 g/mol. The minimum Gasteiger partial charge on any atom is -0.310 e. The fourth-order valence-electron chi connectivity index (χ4n) is 0.910. The molecule has 1 aromatic rings. The van der Waals surface area contributed by atoms with Crippen LogP contribution in [0.25, 0.3) is 0 Å². The van der Waals surface area contributed by atoms with Gasteiger partial charge >= 0.3 is 0 Å². The van der Waals surface area contributed by atoms with Gasteiger partial charge in [-0.2, -0.15) is 0 Å². The normalized spacial score (nSPS) is 11.1. The highest BCUT2D eigenvalue weighted by Gasteiger charge is 2.02. The van der Waals surface area contributed by atoms with E-state index in [1.165, 1.54) is 14.2 Å². The molecule has 0 aliphatic rings. The zero-order valence-electron chi connectivity index (χ0n) is 7.65. The highest BCUT2D eigenvalue weighted by molar-refractivity contribution is 9.10. The Kier molecular flexibility index (Phi) is 3.75. The third-order valence-electron chi connectivity index (χ3n) is 1.59. The van der Waals surface area contributed by atoms with Crippen molar-refractivity contribution in [2.24, 2.45) is 0 Å². The third kappa shape index (κ3) is 2.88. The second-order valence-corrected chi connectivity index (χ2v) is 5.35. The summed E-state index contributed by atoms with van der Waals surface area (Å²) in [4.78, 5) is 2.75. The van der Waals surface area contributed by atoms with Gasteiger partial charge in [0.05, 0.1) is 0 Å². The van der Waals surface area contributed by atoms with Crippen LogP contribution in [-0.4, -0.2) is 6.04 Å². The lowest BCUT2D eigenvalue weighted by atomic mass is 10.3. The number of halogens is 1. The van der Waals surface area contributed by atoms with Crippen LogP contribution in [0.1, 0.15) is 23.6 Å². The second kappa shape index (κ2) is 4.40. The van der Waals surface area contributed by atoms with Crippen LogP contribution in [0.4, 0.5) is 0 Å². The van der Waals surface area contributed by atoms with Gasteiger partial charge in [-0.1, -0.05) is 13.8 Å². The van der Waals surface area contributed by atoms with Crippen molar-refractivity contribution in [1.82, 2.24) is 5.32 Å². The number of nitrogens with one attached hydrogen (secondary N) is 1.